The topological polar surface area (TPSA) is 59.6 Å². The SMILES string of the molecule is C=C1CCC2C3C(CC[C@]12C)[C@@]1(C)CC[C@@H](NC(=O)Nc2ccccc2)CC1[C@H]1OC(C)(C)O[C@H]31. The summed E-state index contributed by atoms with van der Waals surface area (Å²) in [5.74, 6) is 1.66. The number of para-hydroxylation sites is 1. The van der Waals surface area contributed by atoms with Crippen molar-refractivity contribution in [1.29, 1.82) is 0 Å². The molecule has 190 valence electrons. The molecule has 4 aliphatic carbocycles. The molecule has 0 aromatic heterocycles. The minimum atomic E-state index is -0.556. The standard InChI is InChI=1S/C30H42N2O3/c1-18-11-12-21-24-22(14-16-29(18,21)4)30(5)15-13-20(32-27(33)31-19-9-7-6-8-10-19)17-23(30)25-26(24)35-28(2,3)34-25/h6-10,20-26H,1,11-17H2,2-5H3,(H2,31,32,33)/t20-,21?,22?,23?,24?,25-,26-,29-,30-/m1/s1. The molecule has 2 amide bonds. The van der Waals surface area contributed by atoms with Crippen LogP contribution in [-0.2, 0) is 9.47 Å². The van der Waals surface area contributed by atoms with Crippen molar-refractivity contribution in [3.63, 3.8) is 0 Å². The van der Waals surface area contributed by atoms with Crippen LogP contribution in [0.1, 0.15) is 72.6 Å². The highest BCUT2D eigenvalue weighted by Crippen LogP contribution is 2.69. The maximum Gasteiger partial charge on any atom is 0.319 e. The number of anilines is 1. The monoisotopic (exact) mass is 478 g/mol. The molecule has 9 atom stereocenters. The number of benzene rings is 1. The number of hydrogen-bond donors (Lipinski definition) is 2. The fourth-order valence-corrected chi connectivity index (χ4v) is 9.10. The highest BCUT2D eigenvalue weighted by atomic mass is 16.8. The Balaban J connectivity index is 1.25. The van der Waals surface area contributed by atoms with E-state index < -0.39 is 5.79 Å². The van der Waals surface area contributed by atoms with Gasteiger partial charge in [0, 0.05) is 11.7 Å². The zero-order chi connectivity index (χ0) is 24.6. The van der Waals surface area contributed by atoms with E-state index in [1.165, 1.54) is 24.8 Å². The number of rotatable bonds is 2. The van der Waals surface area contributed by atoms with Crippen LogP contribution < -0.4 is 10.6 Å². The fourth-order valence-electron chi connectivity index (χ4n) is 9.10. The van der Waals surface area contributed by atoms with Crippen LogP contribution in [0.5, 0.6) is 0 Å². The molecule has 5 fully saturated rings. The smallest absolute Gasteiger partial charge is 0.319 e. The van der Waals surface area contributed by atoms with Crippen molar-refractivity contribution in [2.45, 2.75) is 96.7 Å². The largest absolute Gasteiger partial charge is 0.344 e. The summed E-state index contributed by atoms with van der Waals surface area (Å²) in [6.45, 7) is 13.7. The Hall–Kier alpha value is -1.85. The van der Waals surface area contributed by atoms with Crippen molar-refractivity contribution < 1.29 is 14.3 Å². The number of amides is 2. The van der Waals surface area contributed by atoms with E-state index in [0.717, 1.165) is 31.4 Å². The quantitative estimate of drug-likeness (QED) is 0.476. The van der Waals surface area contributed by atoms with Crippen LogP contribution in [0.25, 0.3) is 0 Å². The Labute approximate surface area is 210 Å². The molecular weight excluding hydrogens is 436 g/mol. The van der Waals surface area contributed by atoms with Gasteiger partial charge in [0.05, 0.1) is 12.2 Å². The summed E-state index contributed by atoms with van der Waals surface area (Å²) in [5.41, 5.74) is 2.75. The van der Waals surface area contributed by atoms with Gasteiger partial charge in [-0.2, -0.15) is 0 Å². The Morgan fingerprint density at radius 1 is 0.943 bits per heavy atom. The molecule has 0 spiro atoms. The summed E-state index contributed by atoms with van der Waals surface area (Å²) in [7, 11) is 0. The Morgan fingerprint density at radius 2 is 1.69 bits per heavy atom. The van der Waals surface area contributed by atoms with Gasteiger partial charge in [-0.25, -0.2) is 4.79 Å². The first-order valence-corrected chi connectivity index (χ1v) is 13.8. The van der Waals surface area contributed by atoms with Gasteiger partial charge in [-0.3, -0.25) is 0 Å². The van der Waals surface area contributed by atoms with E-state index in [9.17, 15) is 4.79 Å². The zero-order valence-electron chi connectivity index (χ0n) is 21.8. The Kier molecular flexibility index (Phi) is 5.43. The van der Waals surface area contributed by atoms with Crippen molar-refractivity contribution in [3.05, 3.63) is 42.5 Å². The molecule has 0 radical (unpaired) electrons. The molecule has 4 unspecified atom stereocenters. The Bertz CT molecular complexity index is 1010. The van der Waals surface area contributed by atoms with E-state index in [-0.39, 0.29) is 35.1 Å². The van der Waals surface area contributed by atoms with Gasteiger partial charge in [0.2, 0.25) is 0 Å². The van der Waals surface area contributed by atoms with Crippen LogP contribution in [0.4, 0.5) is 10.5 Å². The summed E-state index contributed by atoms with van der Waals surface area (Å²) in [6, 6.07) is 9.71. The maximum atomic E-state index is 12.8. The maximum absolute atomic E-state index is 12.8. The number of carbonyl (C=O) groups is 1. The molecule has 5 aliphatic rings. The number of ether oxygens (including phenoxy) is 2. The van der Waals surface area contributed by atoms with Crippen molar-refractivity contribution in [3.8, 4) is 0 Å². The number of carbonyl (C=O) groups excluding carboxylic acids is 1. The lowest BCUT2D eigenvalue weighted by Gasteiger charge is -2.63. The molecule has 6 rings (SSSR count). The van der Waals surface area contributed by atoms with Gasteiger partial charge in [0.1, 0.15) is 0 Å². The van der Waals surface area contributed by atoms with Gasteiger partial charge in [-0.05, 0) is 105 Å². The summed E-state index contributed by atoms with van der Waals surface area (Å²) >= 11 is 0. The van der Waals surface area contributed by atoms with Crippen molar-refractivity contribution in [2.24, 2.45) is 34.5 Å². The third kappa shape index (κ3) is 3.68. The lowest BCUT2D eigenvalue weighted by Crippen LogP contribution is -2.64. The van der Waals surface area contributed by atoms with Crippen molar-refractivity contribution in [1.82, 2.24) is 5.32 Å². The molecule has 1 heterocycles. The molecule has 1 saturated heterocycles. The first-order valence-electron chi connectivity index (χ1n) is 13.8. The van der Waals surface area contributed by atoms with E-state index in [2.05, 4.69) is 44.9 Å². The van der Waals surface area contributed by atoms with E-state index in [0.29, 0.717) is 23.7 Å². The summed E-state index contributed by atoms with van der Waals surface area (Å²) in [4.78, 5) is 12.8. The molecule has 1 aliphatic heterocycles. The number of nitrogens with one attached hydrogen (secondary N) is 2. The van der Waals surface area contributed by atoms with E-state index in [4.69, 9.17) is 9.47 Å². The summed E-state index contributed by atoms with van der Waals surface area (Å²) < 4.78 is 13.5. The van der Waals surface area contributed by atoms with Crippen LogP contribution in [0.2, 0.25) is 0 Å². The average molecular weight is 479 g/mol. The van der Waals surface area contributed by atoms with Crippen molar-refractivity contribution >= 4 is 11.7 Å². The normalized spacial score (nSPS) is 45.6. The van der Waals surface area contributed by atoms with Crippen LogP contribution in [-0.4, -0.2) is 30.1 Å². The minimum Gasteiger partial charge on any atom is -0.344 e. The van der Waals surface area contributed by atoms with Crippen molar-refractivity contribution in [2.75, 3.05) is 5.32 Å². The molecule has 0 bridgehead atoms. The third-order valence-corrected chi connectivity index (χ3v) is 10.9. The highest BCUT2D eigenvalue weighted by molar-refractivity contribution is 5.89. The Morgan fingerprint density at radius 3 is 2.46 bits per heavy atom. The molecular formula is C30H42N2O3. The second-order valence-corrected chi connectivity index (χ2v) is 13.0. The highest BCUT2D eigenvalue weighted by Gasteiger charge is 2.67. The lowest BCUT2D eigenvalue weighted by atomic mass is 9.43. The molecule has 1 aromatic carbocycles. The van der Waals surface area contributed by atoms with E-state index in [1.807, 2.05) is 30.3 Å². The molecule has 4 saturated carbocycles. The lowest BCUT2D eigenvalue weighted by molar-refractivity contribution is -0.174. The number of fused-ring (bicyclic) bond motifs is 8. The fraction of sp³-hybridized carbons (Fsp3) is 0.700. The second-order valence-electron chi connectivity index (χ2n) is 13.0. The van der Waals surface area contributed by atoms with Crippen LogP contribution >= 0.6 is 0 Å². The predicted octanol–water partition coefficient (Wildman–Crippen LogP) is 6.52. The summed E-state index contributed by atoms with van der Waals surface area (Å²) in [6.07, 6.45) is 8.25. The van der Waals surface area contributed by atoms with Gasteiger partial charge in [0.25, 0.3) is 0 Å². The summed E-state index contributed by atoms with van der Waals surface area (Å²) in [5, 5.41) is 6.28. The second kappa shape index (κ2) is 8.08. The first-order chi connectivity index (χ1) is 16.6. The molecule has 1 aromatic rings. The number of urea groups is 1. The van der Waals surface area contributed by atoms with Crippen LogP contribution in [0, 0.1) is 34.5 Å². The number of allylic oxidation sites excluding steroid dienone is 1. The van der Waals surface area contributed by atoms with Gasteiger partial charge < -0.3 is 20.1 Å². The number of hydrogen-bond acceptors (Lipinski definition) is 3. The predicted molar refractivity (Wildman–Crippen MR) is 138 cm³/mol. The molecule has 5 heteroatoms. The van der Waals surface area contributed by atoms with Gasteiger partial charge in [-0.15, -0.1) is 0 Å². The van der Waals surface area contributed by atoms with Crippen LogP contribution in [0.15, 0.2) is 42.5 Å². The van der Waals surface area contributed by atoms with E-state index >= 15 is 0 Å². The third-order valence-electron chi connectivity index (χ3n) is 10.9. The van der Waals surface area contributed by atoms with E-state index in [1.54, 1.807) is 0 Å². The minimum absolute atomic E-state index is 0.0919. The average Bonchev–Trinajstić information content (AvgIpc) is 3.30. The van der Waals surface area contributed by atoms with Gasteiger partial charge >= 0.3 is 6.03 Å². The molecule has 2 N–H and O–H groups in total. The molecule has 5 nitrogen and oxygen atoms in total. The van der Waals surface area contributed by atoms with Gasteiger partial charge in [-0.1, -0.05) is 44.2 Å². The zero-order valence-corrected chi connectivity index (χ0v) is 21.8. The first kappa shape index (κ1) is 23.5. The van der Waals surface area contributed by atoms with Crippen LogP contribution in [0.3, 0.4) is 0 Å². The van der Waals surface area contributed by atoms with Gasteiger partial charge in [0.15, 0.2) is 5.79 Å². The molecule has 35 heavy (non-hydrogen) atoms.